The number of rotatable bonds is 5. The maximum atomic E-state index is 4.27. The molecule has 0 saturated carbocycles. The molecule has 0 radical (unpaired) electrons. The van der Waals surface area contributed by atoms with Crippen LogP contribution in [0.2, 0.25) is 0 Å². The molecule has 0 amide bonds. The highest BCUT2D eigenvalue weighted by atomic mass is 32.2. The number of hydrogen-bond donors (Lipinski definition) is 1. The molecular formula is C14H22N2S. The first kappa shape index (κ1) is 12.9. The van der Waals surface area contributed by atoms with Crippen molar-refractivity contribution in [2.24, 2.45) is 0 Å². The third-order valence-electron chi connectivity index (χ3n) is 3.48. The molecule has 1 aliphatic rings. The monoisotopic (exact) mass is 250 g/mol. The van der Waals surface area contributed by atoms with Gasteiger partial charge in [0.25, 0.3) is 0 Å². The van der Waals surface area contributed by atoms with E-state index in [0.717, 1.165) is 6.54 Å². The van der Waals surface area contributed by atoms with E-state index in [0.29, 0.717) is 10.8 Å². The van der Waals surface area contributed by atoms with Crippen molar-refractivity contribution in [1.82, 2.24) is 10.3 Å². The fourth-order valence-corrected chi connectivity index (χ4v) is 3.98. The van der Waals surface area contributed by atoms with Crippen molar-refractivity contribution in [3.8, 4) is 0 Å². The second-order valence-electron chi connectivity index (χ2n) is 4.94. The van der Waals surface area contributed by atoms with E-state index >= 15 is 0 Å². The maximum Gasteiger partial charge on any atom is 0.0481 e. The highest BCUT2D eigenvalue weighted by Gasteiger charge is 2.38. The summed E-state index contributed by atoms with van der Waals surface area (Å²) in [6, 6.07) is 4.67. The van der Waals surface area contributed by atoms with Gasteiger partial charge in [-0.05, 0) is 50.1 Å². The van der Waals surface area contributed by atoms with Crippen LogP contribution in [0.15, 0.2) is 24.5 Å². The number of pyridine rings is 1. The van der Waals surface area contributed by atoms with E-state index in [1.54, 1.807) is 0 Å². The molecule has 0 aliphatic carbocycles. The van der Waals surface area contributed by atoms with E-state index in [1.807, 2.05) is 18.5 Å². The van der Waals surface area contributed by atoms with Crippen LogP contribution in [0.25, 0.3) is 0 Å². The first-order chi connectivity index (χ1) is 8.26. The highest BCUT2D eigenvalue weighted by molar-refractivity contribution is 8.00. The highest BCUT2D eigenvalue weighted by Crippen LogP contribution is 2.46. The van der Waals surface area contributed by atoms with E-state index < -0.39 is 0 Å². The molecule has 1 saturated heterocycles. The largest absolute Gasteiger partial charge is 0.309 e. The van der Waals surface area contributed by atoms with Gasteiger partial charge in [0.15, 0.2) is 0 Å². The molecule has 1 aromatic rings. The molecule has 17 heavy (non-hydrogen) atoms. The van der Waals surface area contributed by atoms with Crippen molar-refractivity contribution in [3.05, 3.63) is 30.1 Å². The Hall–Kier alpha value is -0.540. The SMILES string of the molecule is CCCNC(c1cccnc1)C1(C)CCCS1. The minimum atomic E-state index is 0.332. The number of nitrogens with zero attached hydrogens (tertiary/aromatic N) is 1. The minimum Gasteiger partial charge on any atom is -0.309 e. The lowest BCUT2D eigenvalue weighted by Gasteiger charge is -2.34. The lowest BCUT2D eigenvalue weighted by molar-refractivity contribution is 0.412. The molecule has 2 atom stereocenters. The summed E-state index contributed by atoms with van der Waals surface area (Å²) in [5.41, 5.74) is 1.33. The van der Waals surface area contributed by atoms with E-state index in [9.17, 15) is 0 Å². The number of thioether (sulfide) groups is 1. The van der Waals surface area contributed by atoms with Gasteiger partial charge in [0.05, 0.1) is 0 Å². The van der Waals surface area contributed by atoms with Crippen molar-refractivity contribution in [2.75, 3.05) is 12.3 Å². The number of nitrogens with one attached hydrogen (secondary N) is 1. The van der Waals surface area contributed by atoms with Crippen molar-refractivity contribution in [1.29, 1.82) is 0 Å². The van der Waals surface area contributed by atoms with Crippen LogP contribution in [0.5, 0.6) is 0 Å². The Kier molecular flexibility index (Phi) is 4.46. The Morgan fingerprint density at radius 2 is 2.47 bits per heavy atom. The molecule has 1 aromatic heterocycles. The van der Waals surface area contributed by atoms with E-state index in [1.165, 1.54) is 30.6 Å². The summed E-state index contributed by atoms with van der Waals surface area (Å²) in [6.45, 7) is 5.69. The van der Waals surface area contributed by atoms with Crippen molar-refractivity contribution in [2.45, 2.75) is 43.9 Å². The van der Waals surface area contributed by atoms with Crippen LogP contribution in [0.4, 0.5) is 0 Å². The van der Waals surface area contributed by atoms with Gasteiger partial charge in [-0.1, -0.05) is 13.0 Å². The Morgan fingerprint density at radius 1 is 1.59 bits per heavy atom. The lowest BCUT2D eigenvalue weighted by atomic mass is 9.91. The van der Waals surface area contributed by atoms with Crippen LogP contribution in [-0.4, -0.2) is 22.0 Å². The van der Waals surface area contributed by atoms with Crippen LogP contribution >= 0.6 is 11.8 Å². The number of hydrogen-bond acceptors (Lipinski definition) is 3. The molecule has 2 nitrogen and oxygen atoms in total. The van der Waals surface area contributed by atoms with Gasteiger partial charge in [0, 0.05) is 23.2 Å². The smallest absolute Gasteiger partial charge is 0.0481 e. The number of aromatic nitrogens is 1. The van der Waals surface area contributed by atoms with Gasteiger partial charge in [0.1, 0.15) is 0 Å². The minimum absolute atomic E-state index is 0.332. The average molecular weight is 250 g/mol. The van der Waals surface area contributed by atoms with E-state index in [-0.39, 0.29) is 0 Å². The molecule has 1 N–H and O–H groups in total. The Balaban J connectivity index is 2.18. The normalized spacial score (nSPS) is 26.0. The van der Waals surface area contributed by atoms with Gasteiger partial charge < -0.3 is 5.32 Å². The quantitative estimate of drug-likeness (QED) is 0.867. The summed E-state index contributed by atoms with van der Waals surface area (Å²) in [7, 11) is 0. The second-order valence-corrected chi connectivity index (χ2v) is 6.57. The summed E-state index contributed by atoms with van der Waals surface area (Å²) >= 11 is 2.11. The average Bonchev–Trinajstić information content (AvgIpc) is 2.79. The molecule has 2 unspecified atom stereocenters. The first-order valence-corrected chi connectivity index (χ1v) is 7.52. The third-order valence-corrected chi connectivity index (χ3v) is 5.07. The third kappa shape index (κ3) is 3.02. The standard InChI is InChI=1S/C14H22N2S/c1-3-8-16-13(12-6-4-9-15-11-12)14(2)7-5-10-17-14/h4,6,9,11,13,16H,3,5,7-8,10H2,1-2H3. The molecule has 94 valence electrons. The zero-order chi connectivity index (χ0) is 12.1. The van der Waals surface area contributed by atoms with Crippen LogP contribution in [0.3, 0.4) is 0 Å². The molecule has 0 bridgehead atoms. The first-order valence-electron chi connectivity index (χ1n) is 6.53. The van der Waals surface area contributed by atoms with Crippen LogP contribution in [-0.2, 0) is 0 Å². The maximum absolute atomic E-state index is 4.27. The molecule has 2 rings (SSSR count). The van der Waals surface area contributed by atoms with Crippen molar-refractivity contribution in [3.63, 3.8) is 0 Å². The predicted octanol–water partition coefficient (Wildman–Crippen LogP) is 3.41. The summed E-state index contributed by atoms with van der Waals surface area (Å²) in [4.78, 5) is 4.27. The summed E-state index contributed by atoms with van der Waals surface area (Å²) in [5.74, 6) is 1.29. The zero-order valence-electron chi connectivity index (χ0n) is 10.8. The van der Waals surface area contributed by atoms with Crippen molar-refractivity contribution >= 4 is 11.8 Å². The van der Waals surface area contributed by atoms with Gasteiger partial charge >= 0.3 is 0 Å². The molecule has 0 aromatic carbocycles. The van der Waals surface area contributed by atoms with Crippen LogP contribution in [0.1, 0.15) is 44.7 Å². The topological polar surface area (TPSA) is 24.9 Å². The van der Waals surface area contributed by atoms with Crippen LogP contribution in [0, 0.1) is 0 Å². The molecule has 2 heterocycles. The lowest BCUT2D eigenvalue weighted by Crippen LogP contribution is -2.38. The van der Waals surface area contributed by atoms with Gasteiger partial charge in [-0.3, -0.25) is 4.98 Å². The predicted molar refractivity (Wildman–Crippen MR) is 75.4 cm³/mol. The summed E-state index contributed by atoms with van der Waals surface area (Å²) < 4.78 is 0.332. The Labute approximate surface area is 109 Å². The molecule has 3 heteroatoms. The summed E-state index contributed by atoms with van der Waals surface area (Å²) in [5, 5.41) is 3.71. The Morgan fingerprint density at radius 3 is 3.06 bits per heavy atom. The van der Waals surface area contributed by atoms with E-state index in [4.69, 9.17) is 0 Å². The zero-order valence-corrected chi connectivity index (χ0v) is 11.6. The molecule has 1 fully saturated rings. The van der Waals surface area contributed by atoms with Gasteiger partial charge in [-0.2, -0.15) is 11.8 Å². The molecular weight excluding hydrogens is 228 g/mol. The van der Waals surface area contributed by atoms with Crippen LogP contribution < -0.4 is 5.32 Å². The van der Waals surface area contributed by atoms with Gasteiger partial charge in [-0.25, -0.2) is 0 Å². The Bertz CT molecular complexity index is 333. The second kappa shape index (κ2) is 5.87. The fourth-order valence-electron chi connectivity index (χ4n) is 2.55. The van der Waals surface area contributed by atoms with Gasteiger partial charge in [0.2, 0.25) is 0 Å². The summed E-state index contributed by atoms with van der Waals surface area (Å²) in [6.07, 6.45) is 7.68. The molecule has 0 spiro atoms. The van der Waals surface area contributed by atoms with Crippen molar-refractivity contribution < 1.29 is 0 Å². The molecule has 1 aliphatic heterocycles. The van der Waals surface area contributed by atoms with E-state index in [2.05, 4.69) is 42.0 Å². The van der Waals surface area contributed by atoms with Gasteiger partial charge in [-0.15, -0.1) is 0 Å². The fraction of sp³-hybridized carbons (Fsp3) is 0.643.